The van der Waals surface area contributed by atoms with Gasteiger partial charge >= 0.3 is 12.0 Å². The Morgan fingerprint density at radius 3 is 2.45 bits per heavy atom. The van der Waals surface area contributed by atoms with E-state index in [0.717, 1.165) is 5.56 Å². The highest BCUT2D eigenvalue weighted by atomic mass is 16.5. The van der Waals surface area contributed by atoms with Gasteiger partial charge in [-0.25, -0.2) is 9.59 Å². The highest BCUT2D eigenvalue weighted by Gasteiger charge is 2.31. The van der Waals surface area contributed by atoms with Gasteiger partial charge in [-0.05, 0) is 30.9 Å². The van der Waals surface area contributed by atoms with E-state index in [4.69, 9.17) is 4.74 Å². The third-order valence-electron chi connectivity index (χ3n) is 3.70. The quantitative estimate of drug-likeness (QED) is 0.840. The lowest BCUT2D eigenvalue weighted by atomic mass is 9.93. The lowest BCUT2D eigenvalue weighted by molar-refractivity contribution is -0.139. The molecular formula is C17H22N2O3. The molecule has 0 fully saturated rings. The topological polar surface area (TPSA) is 67.4 Å². The molecule has 1 aromatic carbocycles. The van der Waals surface area contributed by atoms with Crippen molar-refractivity contribution < 1.29 is 14.3 Å². The third-order valence-corrected chi connectivity index (χ3v) is 3.70. The number of hydrogen-bond donors (Lipinski definition) is 2. The molecule has 0 spiro atoms. The van der Waals surface area contributed by atoms with Crippen molar-refractivity contribution in [3.8, 4) is 0 Å². The molecule has 0 saturated carbocycles. The molecule has 1 atom stereocenters. The van der Waals surface area contributed by atoms with Crippen molar-refractivity contribution in [2.45, 2.75) is 39.7 Å². The maximum absolute atomic E-state index is 12.2. The number of nitrogens with one attached hydrogen (secondary N) is 2. The van der Waals surface area contributed by atoms with Crippen LogP contribution in [0.15, 0.2) is 35.5 Å². The summed E-state index contributed by atoms with van der Waals surface area (Å²) in [6.07, 6.45) is 0. The number of hydrogen-bond acceptors (Lipinski definition) is 3. The Kier molecular flexibility index (Phi) is 4.85. The second-order valence-electron chi connectivity index (χ2n) is 5.61. The van der Waals surface area contributed by atoms with E-state index >= 15 is 0 Å². The zero-order chi connectivity index (χ0) is 16.3. The first kappa shape index (κ1) is 16.1. The van der Waals surface area contributed by atoms with Gasteiger partial charge in [0.25, 0.3) is 0 Å². The number of benzene rings is 1. The monoisotopic (exact) mass is 302 g/mol. The average molecular weight is 302 g/mol. The summed E-state index contributed by atoms with van der Waals surface area (Å²) in [6, 6.07) is 7.12. The van der Waals surface area contributed by atoms with Crippen LogP contribution >= 0.6 is 0 Å². The van der Waals surface area contributed by atoms with Crippen LogP contribution in [0.4, 0.5) is 4.79 Å². The Labute approximate surface area is 130 Å². The lowest BCUT2D eigenvalue weighted by Crippen LogP contribution is -2.45. The van der Waals surface area contributed by atoms with Crippen LogP contribution in [-0.4, -0.2) is 18.6 Å². The molecule has 2 N–H and O–H groups in total. The first-order valence-electron chi connectivity index (χ1n) is 7.49. The lowest BCUT2D eigenvalue weighted by Gasteiger charge is -2.28. The van der Waals surface area contributed by atoms with E-state index < -0.39 is 12.0 Å². The minimum atomic E-state index is -0.492. The molecular weight excluding hydrogens is 280 g/mol. The fourth-order valence-corrected chi connectivity index (χ4v) is 2.50. The summed E-state index contributed by atoms with van der Waals surface area (Å²) < 4.78 is 5.11. The zero-order valence-electron chi connectivity index (χ0n) is 13.4. The van der Waals surface area contributed by atoms with Gasteiger partial charge in [-0.3, -0.25) is 0 Å². The fraction of sp³-hybridized carbons (Fsp3) is 0.412. The molecule has 22 heavy (non-hydrogen) atoms. The Morgan fingerprint density at radius 1 is 1.27 bits per heavy atom. The van der Waals surface area contributed by atoms with Gasteiger partial charge in [0.2, 0.25) is 0 Å². The number of carbonyl (C=O) groups is 2. The molecule has 2 rings (SSSR count). The number of esters is 1. The normalized spacial score (nSPS) is 18.0. The molecule has 0 aliphatic carbocycles. The number of carbonyl (C=O) groups excluding carboxylic acids is 2. The fourth-order valence-electron chi connectivity index (χ4n) is 2.50. The Balaban J connectivity index is 2.38. The summed E-state index contributed by atoms with van der Waals surface area (Å²) >= 11 is 0. The van der Waals surface area contributed by atoms with Crippen molar-refractivity contribution in [2.75, 3.05) is 6.61 Å². The van der Waals surface area contributed by atoms with Crippen molar-refractivity contribution in [2.24, 2.45) is 0 Å². The third kappa shape index (κ3) is 3.30. The van der Waals surface area contributed by atoms with Gasteiger partial charge in [0.15, 0.2) is 0 Å². The van der Waals surface area contributed by atoms with Gasteiger partial charge < -0.3 is 15.4 Å². The van der Waals surface area contributed by atoms with Gasteiger partial charge in [-0.15, -0.1) is 0 Å². The smallest absolute Gasteiger partial charge is 0.338 e. The number of urea groups is 1. The standard InChI is InChI=1S/C17H22N2O3/c1-5-22-16(20)14-11(4)18-17(21)19-15(14)13-8-6-12(7-9-13)10(2)3/h6-10,15H,5H2,1-4H3,(H2,18,19,21)/t15-/m1/s1. The number of allylic oxidation sites excluding steroid dienone is 1. The maximum Gasteiger partial charge on any atom is 0.338 e. The van der Waals surface area contributed by atoms with Crippen LogP contribution in [0, 0.1) is 0 Å². The summed E-state index contributed by atoms with van der Waals surface area (Å²) in [5.41, 5.74) is 3.04. The molecule has 5 heteroatoms. The minimum absolute atomic E-state index is 0.294. The summed E-state index contributed by atoms with van der Waals surface area (Å²) in [5.74, 6) is 0.0175. The summed E-state index contributed by atoms with van der Waals surface area (Å²) in [6.45, 7) is 8.00. The van der Waals surface area contributed by atoms with E-state index in [2.05, 4.69) is 24.5 Å². The molecule has 5 nitrogen and oxygen atoms in total. The van der Waals surface area contributed by atoms with Crippen LogP contribution in [0.1, 0.15) is 50.8 Å². The highest BCUT2D eigenvalue weighted by molar-refractivity contribution is 5.95. The number of ether oxygens (including phenoxy) is 1. The van der Waals surface area contributed by atoms with Crippen molar-refractivity contribution >= 4 is 12.0 Å². The molecule has 1 aromatic rings. The van der Waals surface area contributed by atoms with Crippen molar-refractivity contribution in [1.29, 1.82) is 0 Å². The minimum Gasteiger partial charge on any atom is -0.463 e. The molecule has 1 heterocycles. The second-order valence-corrected chi connectivity index (χ2v) is 5.61. The first-order valence-corrected chi connectivity index (χ1v) is 7.49. The second kappa shape index (κ2) is 6.64. The SMILES string of the molecule is CCOC(=O)C1=C(C)NC(=O)N[C@@H]1c1ccc(C(C)C)cc1. The van der Waals surface area contributed by atoms with Crippen molar-refractivity contribution in [3.05, 3.63) is 46.7 Å². The van der Waals surface area contributed by atoms with Crippen LogP contribution in [0.2, 0.25) is 0 Å². The van der Waals surface area contributed by atoms with Crippen LogP contribution in [0.5, 0.6) is 0 Å². The summed E-state index contributed by atoms with van der Waals surface area (Å²) in [4.78, 5) is 24.0. The zero-order valence-corrected chi connectivity index (χ0v) is 13.4. The number of rotatable bonds is 4. The number of amides is 2. The molecule has 1 aliphatic rings. The van der Waals surface area contributed by atoms with E-state index in [-0.39, 0.29) is 6.03 Å². The van der Waals surface area contributed by atoms with Gasteiger partial charge in [0, 0.05) is 5.70 Å². The van der Waals surface area contributed by atoms with E-state index in [1.807, 2.05) is 24.3 Å². The van der Waals surface area contributed by atoms with Crippen LogP contribution in [0.3, 0.4) is 0 Å². The molecule has 0 aromatic heterocycles. The molecule has 0 unspecified atom stereocenters. The Hall–Kier alpha value is -2.30. The van der Waals surface area contributed by atoms with Crippen LogP contribution in [0.25, 0.3) is 0 Å². The van der Waals surface area contributed by atoms with E-state index in [0.29, 0.717) is 23.8 Å². The van der Waals surface area contributed by atoms with Gasteiger partial charge in [0.05, 0.1) is 18.2 Å². The molecule has 2 amide bonds. The molecule has 118 valence electrons. The highest BCUT2D eigenvalue weighted by Crippen LogP contribution is 2.28. The van der Waals surface area contributed by atoms with E-state index in [1.165, 1.54) is 5.56 Å². The van der Waals surface area contributed by atoms with Crippen LogP contribution < -0.4 is 10.6 Å². The molecule has 0 radical (unpaired) electrons. The molecule has 0 bridgehead atoms. The Bertz CT molecular complexity index is 603. The maximum atomic E-state index is 12.2. The van der Waals surface area contributed by atoms with Gasteiger partial charge in [-0.1, -0.05) is 38.1 Å². The first-order chi connectivity index (χ1) is 10.4. The van der Waals surface area contributed by atoms with E-state index in [9.17, 15) is 9.59 Å². The predicted octanol–water partition coefficient (Wildman–Crippen LogP) is 3.00. The largest absolute Gasteiger partial charge is 0.463 e. The van der Waals surface area contributed by atoms with Gasteiger partial charge in [0.1, 0.15) is 0 Å². The predicted molar refractivity (Wildman–Crippen MR) is 84.3 cm³/mol. The van der Waals surface area contributed by atoms with Crippen molar-refractivity contribution in [3.63, 3.8) is 0 Å². The Morgan fingerprint density at radius 2 is 1.91 bits per heavy atom. The van der Waals surface area contributed by atoms with Crippen molar-refractivity contribution in [1.82, 2.24) is 10.6 Å². The molecule has 1 aliphatic heterocycles. The summed E-state index contributed by atoms with van der Waals surface area (Å²) in [5, 5.41) is 5.42. The molecule has 0 saturated heterocycles. The van der Waals surface area contributed by atoms with Crippen LogP contribution in [-0.2, 0) is 9.53 Å². The van der Waals surface area contributed by atoms with E-state index in [1.54, 1.807) is 13.8 Å². The average Bonchev–Trinajstić information content (AvgIpc) is 2.46. The summed E-state index contributed by atoms with van der Waals surface area (Å²) in [7, 11) is 0. The van der Waals surface area contributed by atoms with Gasteiger partial charge in [-0.2, -0.15) is 0 Å².